The Bertz CT molecular complexity index is 784. The third kappa shape index (κ3) is 2.66. The fraction of sp³-hybridized carbons (Fsp3) is 0.250. The van der Waals surface area contributed by atoms with Crippen molar-refractivity contribution >= 4 is 10.0 Å². The molecule has 0 bridgehead atoms. The van der Waals surface area contributed by atoms with Gasteiger partial charge in [0.1, 0.15) is 12.4 Å². The highest BCUT2D eigenvalue weighted by molar-refractivity contribution is 7.89. The molecule has 0 aromatic heterocycles. The average Bonchev–Trinajstić information content (AvgIpc) is 2.84. The molecule has 0 spiro atoms. The molecule has 0 amide bonds. The Morgan fingerprint density at radius 2 is 1.90 bits per heavy atom. The highest BCUT2D eigenvalue weighted by Gasteiger charge is 2.29. The summed E-state index contributed by atoms with van der Waals surface area (Å²) in [6, 6.07) is 12.6. The molecule has 1 atom stereocenters. The predicted octanol–water partition coefficient (Wildman–Crippen LogP) is 2.72. The lowest BCUT2D eigenvalue weighted by molar-refractivity contribution is 0.325. The van der Waals surface area contributed by atoms with Crippen LogP contribution >= 0.6 is 0 Å². The van der Waals surface area contributed by atoms with Gasteiger partial charge in [-0.2, -0.15) is 0 Å². The maximum atomic E-state index is 12.6. The molecule has 21 heavy (non-hydrogen) atoms. The first kappa shape index (κ1) is 14.1. The number of ether oxygens (including phenoxy) is 1. The zero-order valence-electron chi connectivity index (χ0n) is 12.0. The molecule has 0 saturated carbocycles. The number of nitrogens with one attached hydrogen (secondary N) is 1. The second kappa shape index (κ2) is 5.16. The van der Waals surface area contributed by atoms with Gasteiger partial charge >= 0.3 is 0 Å². The van der Waals surface area contributed by atoms with Crippen LogP contribution in [0.5, 0.6) is 5.75 Å². The summed E-state index contributed by atoms with van der Waals surface area (Å²) in [7, 11) is -3.57. The maximum Gasteiger partial charge on any atom is 0.241 e. The van der Waals surface area contributed by atoms with Crippen LogP contribution in [0.2, 0.25) is 0 Å². The summed E-state index contributed by atoms with van der Waals surface area (Å²) in [5.41, 5.74) is 2.54. The second-order valence-electron chi connectivity index (χ2n) is 5.29. The van der Waals surface area contributed by atoms with E-state index in [4.69, 9.17) is 4.74 Å². The number of sulfonamides is 1. The molecule has 2 aromatic carbocycles. The van der Waals surface area contributed by atoms with Gasteiger partial charge in [-0.3, -0.25) is 0 Å². The van der Waals surface area contributed by atoms with Crippen molar-refractivity contribution in [3.05, 3.63) is 59.2 Å². The third-order valence-corrected chi connectivity index (χ3v) is 5.24. The lowest BCUT2D eigenvalue weighted by Gasteiger charge is -2.14. The monoisotopic (exact) mass is 303 g/mol. The van der Waals surface area contributed by atoms with Crippen molar-refractivity contribution in [1.82, 2.24) is 4.72 Å². The molecule has 0 fully saturated rings. The number of hydrogen-bond donors (Lipinski definition) is 1. The Morgan fingerprint density at radius 1 is 1.14 bits per heavy atom. The van der Waals surface area contributed by atoms with E-state index in [1.54, 1.807) is 13.0 Å². The molecule has 2 aromatic rings. The molecule has 110 valence electrons. The topological polar surface area (TPSA) is 55.4 Å². The molecule has 4 nitrogen and oxygen atoms in total. The van der Waals surface area contributed by atoms with Crippen molar-refractivity contribution < 1.29 is 13.2 Å². The third-order valence-electron chi connectivity index (χ3n) is 3.63. The molecule has 3 rings (SSSR count). The van der Waals surface area contributed by atoms with Gasteiger partial charge in [0, 0.05) is 5.56 Å². The quantitative estimate of drug-likeness (QED) is 0.948. The van der Waals surface area contributed by atoms with Crippen LogP contribution in [0.15, 0.2) is 47.4 Å². The lowest BCUT2D eigenvalue weighted by atomic mass is 10.1. The first-order valence-corrected chi connectivity index (χ1v) is 8.27. The van der Waals surface area contributed by atoms with Gasteiger partial charge in [0.2, 0.25) is 10.0 Å². The molecular weight excluding hydrogens is 286 g/mol. The molecule has 1 heterocycles. The minimum atomic E-state index is -3.57. The number of rotatable bonds is 3. The van der Waals surface area contributed by atoms with Gasteiger partial charge in [0.15, 0.2) is 0 Å². The zero-order valence-corrected chi connectivity index (χ0v) is 12.8. The summed E-state index contributed by atoms with van der Waals surface area (Å²) in [6.07, 6.45) is 0. The van der Waals surface area contributed by atoms with Crippen LogP contribution in [0.3, 0.4) is 0 Å². The van der Waals surface area contributed by atoms with Gasteiger partial charge in [-0.05, 0) is 37.1 Å². The fourth-order valence-electron chi connectivity index (χ4n) is 2.51. The number of benzene rings is 2. The van der Waals surface area contributed by atoms with Crippen molar-refractivity contribution in [3.8, 4) is 5.75 Å². The number of fused-ring (bicyclic) bond motifs is 1. The largest absolute Gasteiger partial charge is 0.491 e. The van der Waals surface area contributed by atoms with Crippen LogP contribution < -0.4 is 9.46 Å². The van der Waals surface area contributed by atoms with Crippen LogP contribution in [0.4, 0.5) is 0 Å². The Kier molecular flexibility index (Phi) is 3.47. The zero-order chi connectivity index (χ0) is 15.0. The molecule has 1 aliphatic rings. The van der Waals surface area contributed by atoms with E-state index >= 15 is 0 Å². The molecule has 0 saturated heterocycles. The smallest absolute Gasteiger partial charge is 0.241 e. The van der Waals surface area contributed by atoms with Crippen molar-refractivity contribution in [3.63, 3.8) is 0 Å². The molecule has 1 aliphatic heterocycles. The van der Waals surface area contributed by atoms with Crippen molar-refractivity contribution in [2.24, 2.45) is 0 Å². The van der Waals surface area contributed by atoms with E-state index in [1.165, 1.54) is 0 Å². The van der Waals surface area contributed by atoms with E-state index in [2.05, 4.69) is 4.72 Å². The van der Waals surface area contributed by atoms with Crippen LogP contribution in [-0.4, -0.2) is 15.0 Å². The first-order chi connectivity index (χ1) is 9.97. The average molecular weight is 303 g/mol. The Morgan fingerprint density at radius 3 is 2.71 bits per heavy atom. The highest BCUT2D eigenvalue weighted by Crippen LogP contribution is 2.33. The summed E-state index contributed by atoms with van der Waals surface area (Å²) in [6.45, 7) is 4.00. The van der Waals surface area contributed by atoms with E-state index < -0.39 is 10.0 Å². The van der Waals surface area contributed by atoms with Crippen molar-refractivity contribution in [2.75, 3.05) is 6.61 Å². The van der Waals surface area contributed by atoms with E-state index in [0.29, 0.717) is 11.5 Å². The van der Waals surface area contributed by atoms with Gasteiger partial charge in [-0.25, -0.2) is 13.1 Å². The maximum absolute atomic E-state index is 12.6. The predicted molar refractivity (Wildman–Crippen MR) is 80.9 cm³/mol. The minimum absolute atomic E-state index is 0.323. The van der Waals surface area contributed by atoms with Crippen LogP contribution in [-0.2, 0) is 10.0 Å². The van der Waals surface area contributed by atoms with Gasteiger partial charge in [-0.1, -0.05) is 30.3 Å². The fourth-order valence-corrected chi connectivity index (χ4v) is 4.04. The summed E-state index contributed by atoms with van der Waals surface area (Å²) >= 11 is 0. The van der Waals surface area contributed by atoms with Gasteiger partial charge in [-0.15, -0.1) is 0 Å². The van der Waals surface area contributed by atoms with Crippen LogP contribution in [0, 0.1) is 13.8 Å². The number of para-hydroxylation sites is 1. The summed E-state index contributed by atoms with van der Waals surface area (Å²) in [4.78, 5) is 0.326. The molecule has 0 aliphatic carbocycles. The van der Waals surface area contributed by atoms with Gasteiger partial charge in [0.05, 0.1) is 10.9 Å². The first-order valence-electron chi connectivity index (χ1n) is 6.79. The van der Waals surface area contributed by atoms with Gasteiger partial charge in [0.25, 0.3) is 0 Å². The molecular formula is C16H17NO3S. The van der Waals surface area contributed by atoms with Crippen LogP contribution in [0.1, 0.15) is 22.7 Å². The number of hydrogen-bond acceptors (Lipinski definition) is 3. The van der Waals surface area contributed by atoms with Gasteiger partial charge < -0.3 is 4.74 Å². The minimum Gasteiger partial charge on any atom is -0.491 e. The Hall–Kier alpha value is -1.85. The lowest BCUT2D eigenvalue weighted by Crippen LogP contribution is -2.30. The molecule has 0 radical (unpaired) electrons. The van der Waals surface area contributed by atoms with Crippen LogP contribution in [0.25, 0.3) is 0 Å². The second-order valence-corrected chi connectivity index (χ2v) is 6.97. The van der Waals surface area contributed by atoms with E-state index in [-0.39, 0.29) is 6.04 Å². The summed E-state index contributed by atoms with van der Waals surface area (Å²) in [5, 5.41) is 0. The molecule has 1 N–H and O–H groups in total. The van der Waals surface area contributed by atoms with E-state index in [0.717, 1.165) is 22.4 Å². The highest BCUT2D eigenvalue weighted by atomic mass is 32.2. The van der Waals surface area contributed by atoms with E-state index in [1.807, 2.05) is 43.3 Å². The molecule has 1 unspecified atom stereocenters. The van der Waals surface area contributed by atoms with E-state index in [9.17, 15) is 8.42 Å². The standard InChI is InChI=1S/C16H17NO3S/c1-11-7-8-12(2)16(9-11)21(18,19)17-14-10-20-15-6-4-3-5-13(14)15/h3-9,14,17H,10H2,1-2H3. The SMILES string of the molecule is Cc1ccc(C)c(S(=O)(=O)NC2COc3ccccc32)c1. The van der Waals surface area contributed by atoms with Crippen molar-refractivity contribution in [2.45, 2.75) is 24.8 Å². The Labute approximate surface area is 124 Å². The Balaban J connectivity index is 1.93. The molecule has 5 heteroatoms. The number of aryl methyl sites for hydroxylation is 2. The summed E-state index contributed by atoms with van der Waals surface area (Å²) < 4.78 is 33.5. The normalized spacial score (nSPS) is 17.3. The van der Waals surface area contributed by atoms with Crippen molar-refractivity contribution in [1.29, 1.82) is 0 Å². The summed E-state index contributed by atoms with van der Waals surface area (Å²) in [5.74, 6) is 0.742.